The predicted molar refractivity (Wildman–Crippen MR) is 101 cm³/mol. The van der Waals surface area contributed by atoms with Crippen molar-refractivity contribution in [3.63, 3.8) is 0 Å². The van der Waals surface area contributed by atoms with Crippen LogP contribution < -0.4 is 0 Å². The normalized spacial score (nSPS) is 16.4. The summed E-state index contributed by atoms with van der Waals surface area (Å²) >= 11 is 0. The Kier molecular flexibility index (Phi) is 13.4. The van der Waals surface area contributed by atoms with E-state index in [1.54, 1.807) is 6.08 Å². The van der Waals surface area contributed by atoms with E-state index in [9.17, 15) is 4.79 Å². The molecule has 1 aliphatic carbocycles. The summed E-state index contributed by atoms with van der Waals surface area (Å²) in [6.45, 7) is 6.76. The molecule has 1 rings (SSSR count). The van der Waals surface area contributed by atoms with Crippen LogP contribution in [0.4, 0.5) is 0 Å². The predicted octanol–water partition coefficient (Wildman–Crippen LogP) is 3.68. The van der Waals surface area contributed by atoms with Gasteiger partial charge in [-0.05, 0) is 51.3 Å². The van der Waals surface area contributed by atoms with Crippen molar-refractivity contribution in [3.8, 4) is 0 Å². The molecule has 142 valence electrons. The summed E-state index contributed by atoms with van der Waals surface area (Å²) in [5.41, 5.74) is 1.23. The van der Waals surface area contributed by atoms with E-state index in [2.05, 4.69) is 18.7 Å². The first kappa shape index (κ1) is 23.1. The van der Waals surface area contributed by atoms with Crippen LogP contribution in [0.1, 0.15) is 39.0 Å². The van der Waals surface area contributed by atoms with Crippen LogP contribution in [0.2, 0.25) is 0 Å². The fourth-order valence-electron chi connectivity index (χ4n) is 3.11. The summed E-state index contributed by atoms with van der Waals surface area (Å²) in [5, 5.41) is 6.89. The molecule has 1 fully saturated rings. The third kappa shape index (κ3) is 10.6. The number of hydrogen-bond donors (Lipinski definition) is 1. The standard InChI is InChI=1S/C19H31NO2.CH2O2/c1-5-7-10-16(6-2)18(17-11-8-9-12-17)15-19(21)22-14-13-20(3)4;2-1-3/h5-7,10,17-18H,1,8-9,11-15H2,2-4H3;1H,(H,2,3)/b10-7-,16-6+;. The van der Waals surface area contributed by atoms with E-state index in [0.29, 0.717) is 18.9 Å². The van der Waals surface area contributed by atoms with Gasteiger partial charge in [0.2, 0.25) is 0 Å². The molecule has 0 spiro atoms. The smallest absolute Gasteiger partial charge is 0.306 e. The molecule has 25 heavy (non-hydrogen) atoms. The molecule has 1 unspecified atom stereocenters. The minimum atomic E-state index is -0.250. The van der Waals surface area contributed by atoms with E-state index in [0.717, 1.165) is 6.54 Å². The van der Waals surface area contributed by atoms with E-state index >= 15 is 0 Å². The van der Waals surface area contributed by atoms with Gasteiger partial charge < -0.3 is 14.7 Å². The minimum Gasteiger partial charge on any atom is -0.483 e. The highest BCUT2D eigenvalue weighted by molar-refractivity contribution is 5.70. The van der Waals surface area contributed by atoms with E-state index in [1.807, 2.05) is 32.0 Å². The first-order valence-corrected chi connectivity index (χ1v) is 8.83. The number of rotatable bonds is 9. The molecule has 1 atom stereocenters. The Morgan fingerprint density at radius 2 is 1.96 bits per heavy atom. The second kappa shape index (κ2) is 14.5. The Morgan fingerprint density at radius 3 is 2.44 bits per heavy atom. The molecule has 5 heteroatoms. The van der Waals surface area contributed by atoms with Gasteiger partial charge in [-0.3, -0.25) is 9.59 Å². The topological polar surface area (TPSA) is 66.8 Å². The maximum absolute atomic E-state index is 12.2. The van der Waals surface area contributed by atoms with Crippen molar-refractivity contribution < 1.29 is 19.4 Å². The van der Waals surface area contributed by atoms with Gasteiger partial charge in [-0.25, -0.2) is 0 Å². The lowest BCUT2D eigenvalue weighted by Crippen LogP contribution is -2.23. The van der Waals surface area contributed by atoms with Crippen molar-refractivity contribution in [3.05, 3.63) is 36.5 Å². The molecule has 0 radical (unpaired) electrons. The van der Waals surface area contributed by atoms with Crippen LogP contribution in [0.25, 0.3) is 0 Å². The van der Waals surface area contributed by atoms with Crippen LogP contribution in [0.3, 0.4) is 0 Å². The Balaban J connectivity index is 0.00000178. The first-order valence-electron chi connectivity index (χ1n) is 8.83. The quantitative estimate of drug-likeness (QED) is 0.390. The van der Waals surface area contributed by atoms with Gasteiger partial charge in [0.1, 0.15) is 6.61 Å². The average Bonchev–Trinajstić information content (AvgIpc) is 3.09. The van der Waals surface area contributed by atoms with Gasteiger partial charge in [0, 0.05) is 6.54 Å². The van der Waals surface area contributed by atoms with Crippen LogP contribution >= 0.6 is 0 Å². The van der Waals surface area contributed by atoms with Crippen molar-refractivity contribution in [2.24, 2.45) is 11.8 Å². The van der Waals surface area contributed by atoms with Crippen molar-refractivity contribution in [1.29, 1.82) is 0 Å². The van der Waals surface area contributed by atoms with Gasteiger partial charge >= 0.3 is 5.97 Å². The fraction of sp³-hybridized carbons (Fsp3) is 0.600. The molecule has 0 saturated heterocycles. The third-order valence-electron chi connectivity index (χ3n) is 4.34. The molecule has 0 heterocycles. The number of carbonyl (C=O) groups is 2. The zero-order chi connectivity index (χ0) is 19.1. The molecule has 0 aromatic heterocycles. The molecule has 0 aromatic carbocycles. The molecule has 1 N–H and O–H groups in total. The second-order valence-corrected chi connectivity index (χ2v) is 6.37. The second-order valence-electron chi connectivity index (χ2n) is 6.37. The van der Waals surface area contributed by atoms with Gasteiger partial charge in [0.05, 0.1) is 6.42 Å². The van der Waals surface area contributed by atoms with Crippen molar-refractivity contribution in [2.45, 2.75) is 39.0 Å². The lowest BCUT2D eigenvalue weighted by Gasteiger charge is -2.24. The summed E-state index contributed by atoms with van der Waals surface area (Å²) in [7, 11) is 3.96. The van der Waals surface area contributed by atoms with Crippen LogP contribution in [0, 0.1) is 11.8 Å². The molecular weight excluding hydrogens is 318 g/mol. The number of nitrogens with zero attached hydrogens (tertiary/aromatic N) is 1. The molecule has 0 aliphatic heterocycles. The number of allylic oxidation sites excluding steroid dienone is 5. The highest BCUT2D eigenvalue weighted by Crippen LogP contribution is 2.37. The Hall–Kier alpha value is -1.88. The van der Waals surface area contributed by atoms with Crippen LogP contribution in [-0.2, 0) is 14.3 Å². The highest BCUT2D eigenvalue weighted by Gasteiger charge is 2.29. The van der Waals surface area contributed by atoms with E-state index < -0.39 is 0 Å². The van der Waals surface area contributed by atoms with E-state index in [1.165, 1.54) is 31.3 Å². The maximum Gasteiger partial charge on any atom is 0.306 e. The van der Waals surface area contributed by atoms with Crippen molar-refractivity contribution in [1.82, 2.24) is 4.90 Å². The monoisotopic (exact) mass is 351 g/mol. The minimum absolute atomic E-state index is 0.0786. The lowest BCUT2D eigenvalue weighted by molar-refractivity contribution is -0.145. The fourth-order valence-corrected chi connectivity index (χ4v) is 3.11. The lowest BCUT2D eigenvalue weighted by atomic mass is 9.81. The van der Waals surface area contributed by atoms with Crippen molar-refractivity contribution >= 4 is 12.4 Å². The molecule has 5 nitrogen and oxygen atoms in total. The molecule has 1 saturated carbocycles. The Morgan fingerprint density at radius 1 is 1.36 bits per heavy atom. The Labute approximate surface area is 152 Å². The number of esters is 1. The van der Waals surface area contributed by atoms with Crippen LogP contribution in [0.5, 0.6) is 0 Å². The molecule has 0 aromatic rings. The van der Waals surface area contributed by atoms with Gasteiger partial charge in [-0.2, -0.15) is 0 Å². The summed E-state index contributed by atoms with van der Waals surface area (Å²) < 4.78 is 5.39. The summed E-state index contributed by atoms with van der Waals surface area (Å²) in [6.07, 6.45) is 13.4. The summed E-state index contributed by atoms with van der Waals surface area (Å²) in [6, 6.07) is 0. The van der Waals surface area contributed by atoms with Crippen molar-refractivity contribution in [2.75, 3.05) is 27.2 Å². The van der Waals surface area contributed by atoms with Gasteiger partial charge in [0.25, 0.3) is 6.47 Å². The molecule has 1 aliphatic rings. The number of likely N-dealkylation sites (N-methyl/N-ethyl adjacent to an activating group) is 1. The van der Waals surface area contributed by atoms with Crippen LogP contribution in [-0.4, -0.2) is 49.7 Å². The SMILES string of the molecule is C=C/C=C\C(=C/C)C(CC(=O)OCCN(C)C)C1CCCC1.O=CO. The highest BCUT2D eigenvalue weighted by atomic mass is 16.5. The average molecular weight is 351 g/mol. The largest absolute Gasteiger partial charge is 0.483 e. The first-order chi connectivity index (χ1) is 12.0. The molecular formula is C20H33NO4. The Bertz CT molecular complexity index is 449. The number of ether oxygens (including phenoxy) is 1. The molecule has 0 bridgehead atoms. The third-order valence-corrected chi connectivity index (χ3v) is 4.34. The number of carboxylic acid groups (broad SMARTS) is 1. The van der Waals surface area contributed by atoms with E-state index in [4.69, 9.17) is 14.6 Å². The van der Waals surface area contributed by atoms with Gasteiger partial charge in [-0.1, -0.05) is 43.7 Å². The summed E-state index contributed by atoms with van der Waals surface area (Å²) in [5.74, 6) is 0.794. The van der Waals surface area contributed by atoms with Gasteiger partial charge in [0.15, 0.2) is 0 Å². The number of hydrogen-bond acceptors (Lipinski definition) is 4. The van der Waals surface area contributed by atoms with Crippen LogP contribution in [0.15, 0.2) is 36.5 Å². The number of carbonyl (C=O) groups excluding carboxylic acids is 1. The maximum atomic E-state index is 12.2. The van der Waals surface area contributed by atoms with Gasteiger partial charge in [-0.15, -0.1) is 0 Å². The van der Waals surface area contributed by atoms with E-state index in [-0.39, 0.29) is 18.4 Å². The summed E-state index contributed by atoms with van der Waals surface area (Å²) in [4.78, 5) is 22.6. The zero-order valence-electron chi connectivity index (χ0n) is 15.8. The zero-order valence-corrected chi connectivity index (χ0v) is 15.8. The molecule has 0 amide bonds.